The van der Waals surface area contributed by atoms with Crippen LogP contribution < -0.4 is 11.4 Å². The van der Waals surface area contributed by atoms with Crippen LogP contribution in [-0.2, 0) is 6.54 Å². The Morgan fingerprint density at radius 1 is 1.42 bits per heavy atom. The largest absolute Gasteiger partial charge is 0.398 e. The number of aromatic nitrogens is 2. The minimum atomic E-state index is -0.308. The lowest BCUT2D eigenvalue weighted by molar-refractivity contribution is 0.690. The van der Waals surface area contributed by atoms with Gasteiger partial charge < -0.3 is 5.73 Å². The van der Waals surface area contributed by atoms with Gasteiger partial charge >= 0.3 is 5.69 Å². The number of halogens is 2. The minimum absolute atomic E-state index is 0.308. The topological polar surface area (TPSA) is 60.9 Å². The molecule has 0 aliphatic heterocycles. The molecule has 19 heavy (non-hydrogen) atoms. The summed E-state index contributed by atoms with van der Waals surface area (Å²) in [7, 11) is 0. The maximum Gasteiger partial charge on any atom is 0.348 e. The molecule has 2 N–H and O–H groups in total. The average Bonchev–Trinajstić information content (AvgIpc) is 2.35. The van der Waals surface area contributed by atoms with E-state index in [0.717, 1.165) is 15.7 Å². The lowest BCUT2D eigenvalue weighted by Gasteiger charge is -2.14. The van der Waals surface area contributed by atoms with Crippen molar-refractivity contribution in [2.24, 2.45) is 0 Å². The molecular weight excluding hydrogens is 330 g/mol. The van der Waals surface area contributed by atoms with Gasteiger partial charge in [-0.3, -0.25) is 4.57 Å². The number of hydrogen-bond acceptors (Lipinski definition) is 3. The summed E-state index contributed by atoms with van der Waals surface area (Å²) in [4.78, 5) is 16.0. The second-order valence-corrected chi connectivity index (χ2v) is 5.47. The van der Waals surface area contributed by atoms with Gasteiger partial charge in [-0.2, -0.15) is 4.98 Å². The van der Waals surface area contributed by atoms with Gasteiger partial charge in [0.25, 0.3) is 0 Å². The third-order valence-electron chi connectivity index (χ3n) is 3.01. The molecule has 0 spiro atoms. The zero-order valence-corrected chi connectivity index (χ0v) is 12.9. The maximum atomic E-state index is 12.0. The minimum Gasteiger partial charge on any atom is -0.398 e. The number of aryl methyl sites for hydroxylation is 1. The van der Waals surface area contributed by atoms with Gasteiger partial charge in [-0.1, -0.05) is 17.7 Å². The first-order chi connectivity index (χ1) is 8.91. The quantitative estimate of drug-likeness (QED) is 0.854. The summed E-state index contributed by atoms with van der Waals surface area (Å²) in [6.07, 6.45) is 0. The fraction of sp³-hybridized carbons (Fsp3) is 0.231. The van der Waals surface area contributed by atoms with E-state index in [0.29, 0.717) is 22.9 Å². The molecule has 1 aromatic carbocycles. The first-order valence-corrected chi connectivity index (χ1v) is 6.85. The molecule has 0 aliphatic rings. The van der Waals surface area contributed by atoms with E-state index < -0.39 is 0 Å². The van der Waals surface area contributed by atoms with E-state index in [1.165, 1.54) is 0 Å². The van der Waals surface area contributed by atoms with Gasteiger partial charge in [0.15, 0.2) is 0 Å². The summed E-state index contributed by atoms with van der Waals surface area (Å²) in [5, 5.41) is 0.544. The van der Waals surface area contributed by atoms with Crippen molar-refractivity contribution < 1.29 is 0 Å². The van der Waals surface area contributed by atoms with Gasteiger partial charge in [0.05, 0.1) is 16.7 Å². The zero-order valence-electron chi connectivity index (χ0n) is 10.6. The highest BCUT2D eigenvalue weighted by Crippen LogP contribution is 2.24. The number of nitrogens with zero attached hydrogens (tertiary/aromatic N) is 2. The Bertz CT molecular complexity index is 677. The van der Waals surface area contributed by atoms with E-state index in [-0.39, 0.29) is 5.69 Å². The molecule has 1 aromatic heterocycles. The normalized spacial score (nSPS) is 10.7. The fourth-order valence-corrected chi connectivity index (χ4v) is 2.41. The molecule has 2 rings (SSSR count). The second-order valence-electron chi connectivity index (χ2n) is 4.27. The average molecular weight is 343 g/mol. The van der Waals surface area contributed by atoms with Crippen LogP contribution in [0.1, 0.15) is 17.0 Å². The van der Waals surface area contributed by atoms with Crippen LogP contribution in [0.15, 0.2) is 27.5 Å². The number of hydrogen-bond donors (Lipinski definition) is 1. The van der Waals surface area contributed by atoms with E-state index in [1.54, 1.807) is 29.7 Å². The number of anilines is 1. The fourth-order valence-electron chi connectivity index (χ4n) is 1.86. The molecule has 2 aromatic rings. The summed E-state index contributed by atoms with van der Waals surface area (Å²) < 4.78 is 2.37. The smallest absolute Gasteiger partial charge is 0.348 e. The Hall–Kier alpha value is -1.33. The summed E-state index contributed by atoms with van der Waals surface area (Å²) in [6.45, 7) is 3.95. The van der Waals surface area contributed by atoms with Crippen LogP contribution in [0.5, 0.6) is 0 Å². The van der Waals surface area contributed by atoms with Crippen LogP contribution >= 0.6 is 27.5 Å². The SMILES string of the molecule is Cc1nc(=O)n(Cc2c(N)cccc2Cl)c(C)c1Br. The van der Waals surface area contributed by atoms with E-state index >= 15 is 0 Å². The molecule has 0 unspecified atom stereocenters. The molecule has 1 heterocycles. The Morgan fingerprint density at radius 3 is 2.74 bits per heavy atom. The van der Waals surface area contributed by atoms with Gasteiger partial charge in [-0.25, -0.2) is 4.79 Å². The lowest BCUT2D eigenvalue weighted by atomic mass is 10.1. The second kappa shape index (κ2) is 5.35. The number of nitrogens with two attached hydrogens (primary N) is 1. The van der Waals surface area contributed by atoms with Crippen molar-refractivity contribution in [3.05, 3.63) is 55.1 Å². The van der Waals surface area contributed by atoms with Crippen LogP contribution in [0.3, 0.4) is 0 Å². The number of nitrogen functional groups attached to an aromatic ring is 1. The molecule has 0 saturated carbocycles. The highest BCUT2D eigenvalue weighted by atomic mass is 79.9. The predicted molar refractivity (Wildman–Crippen MR) is 80.6 cm³/mol. The monoisotopic (exact) mass is 341 g/mol. The molecule has 0 bridgehead atoms. The van der Waals surface area contributed by atoms with Crippen molar-refractivity contribution in [2.75, 3.05) is 5.73 Å². The Balaban J connectivity index is 2.57. The molecule has 6 heteroatoms. The number of rotatable bonds is 2. The molecule has 0 saturated heterocycles. The third kappa shape index (κ3) is 2.67. The summed E-state index contributed by atoms with van der Waals surface area (Å²) in [6, 6.07) is 5.29. The Kier molecular flexibility index (Phi) is 3.96. The summed E-state index contributed by atoms with van der Waals surface area (Å²) in [5.41, 5.74) is 8.37. The molecule has 0 atom stereocenters. The van der Waals surface area contributed by atoms with Crippen molar-refractivity contribution in [3.8, 4) is 0 Å². The molecular formula is C13H13BrClN3O. The van der Waals surface area contributed by atoms with Gasteiger partial charge in [0.2, 0.25) is 0 Å². The van der Waals surface area contributed by atoms with E-state index in [1.807, 2.05) is 6.92 Å². The van der Waals surface area contributed by atoms with Gasteiger partial charge in [0.1, 0.15) is 0 Å². The molecule has 4 nitrogen and oxygen atoms in total. The number of benzene rings is 1. The van der Waals surface area contributed by atoms with Gasteiger partial charge in [-0.15, -0.1) is 0 Å². The Morgan fingerprint density at radius 2 is 2.11 bits per heavy atom. The van der Waals surface area contributed by atoms with Crippen molar-refractivity contribution in [1.82, 2.24) is 9.55 Å². The van der Waals surface area contributed by atoms with Crippen LogP contribution in [0.2, 0.25) is 5.02 Å². The van der Waals surface area contributed by atoms with Crippen LogP contribution in [0, 0.1) is 13.8 Å². The zero-order chi connectivity index (χ0) is 14.2. The molecule has 100 valence electrons. The highest BCUT2D eigenvalue weighted by Gasteiger charge is 2.12. The highest BCUT2D eigenvalue weighted by molar-refractivity contribution is 9.10. The van der Waals surface area contributed by atoms with Crippen LogP contribution in [-0.4, -0.2) is 9.55 Å². The summed E-state index contributed by atoms with van der Waals surface area (Å²) in [5.74, 6) is 0. The van der Waals surface area contributed by atoms with Crippen LogP contribution in [0.25, 0.3) is 0 Å². The standard InChI is InChI=1S/C13H13BrClN3O/c1-7-12(14)8(2)18(13(19)17-7)6-9-10(15)4-3-5-11(9)16/h3-5H,6,16H2,1-2H3. The predicted octanol–water partition coefficient (Wildman–Crippen LogP) is 2.91. The van der Waals surface area contributed by atoms with Crippen LogP contribution in [0.4, 0.5) is 5.69 Å². The van der Waals surface area contributed by atoms with Crippen molar-refractivity contribution >= 4 is 33.2 Å². The lowest BCUT2D eigenvalue weighted by Crippen LogP contribution is -2.27. The van der Waals surface area contributed by atoms with E-state index in [2.05, 4.69) is 20.9 Å². The van der Waals surface area contributed by atoms with E-state index in [4.69, 9.17) is 17.3 Å². The third-order valence-corrected chi connectivity index (χ3v) is 4.51. The first-order valence-electron chi connectivity index (χ1n) is 5.68. The van der Waals surface area contributed by atoms with Gasteiger partial charge in [0, 0.05) is 22.0 Å². The maximum absolute atomic E-state index is 12.0. The van der Waals surface area contributed by atoms with Crippen molar-refractivity contribution in [1.29, 1.82) is 0 Å². The van der Waals surface area contributed by atoms with Gasteiger partial charge in [-0.05, 0) is 41.9 Å². The molecule has 0 radical (unpaired) electrons. The summed E-state index contributed by atoms with van der Waals surface area (Å²) >= 11 is 9.56. The molecule has 0 fully saturated rings. The first kappa shape index (κ1) is 14.1. The van der Waals surface area contributed by atoms with Crippen molar-refractivity contribution in [3.63, 3.8) is 0 Å². The Labute approximate surface area is 124 Å². The molecule has 0 amide bonds. The van der Waals surface area contributed by atoms with Crippen molar-refractivity contribution in [2.45, 2.75) is 20.4 Å². The van der Waals surface area contributed by atoms with E-state index in [9.17, 15) is 4.79 Å². The molecule has 0 aliphatic carbocycles.